The maximum absolute atomic E-state index is 10.4. The van der Waals surface area contributed by atoms with Gasteiger partial charge in [0, 0.05) is 5.56 Å². The molecular weight excluding hydrogens is 368 g/mol. The number of piperazine rings is 1. The molecule has 4 rings (SSSR count). The van der Waals surface area contributed by atoms with Gasteiger partial charge in [-0.25, -0.2) is 0 Å². The van der Waals surface area contributed by atoms with E-state index in [1.165, 1.54) is 16.0 Å². The van der Waals surface area contributed by atoms with Crippen LogP contribution in [0.4, 0.5) is 0 Å². The molecule has 29 heavy (non-hydrogen) atoms. The van der Waals surface area contributed by atoms with E-state index in [2.05, 4.69) is 32.0 Å². The number of nitrogens with one attached hydrogen (secondary N) is 2. The number of aliphatic hydroxyl groups excluding tert-OH is 1. The summed E-state index contributed by atoms with van der Waals surface area (Å²) in [6.07, 6.45) is -0.444. The summed E-state index contributed by atoms with van der Waals surface area (Å²) >= 11 is 0. The van der Waals surface area contributed by atoms with Crippen LogP contribution in [0.15, 0.2) is 36.4 Å². The lowest BCUT2D eigenvalue weighted by Crippen LogP contribution is -3.28. The monoisotopic (exact) mass is 400 g/mol. The highest BCUT2D eigenvalue weighted by atomic mass is 16.7. The second-order valence-corrected chi connectivity index (χ2v) is 8.23. The lowest BCUT2D eigenvalue weighted by Gasteiger charge is -2.30. The van der Waals surface area contributed by atoms with E-state index in [4.69, 9.17) is 14.2 Å². The predicted molar refractivity (Wildman–Crippen MR) is 110 cm³/mol. The molecule has 0 aromatic heterocycles. The standard InChI is InChI=1S/C23H30N2O4/c1-17-4-3-5-21(18(17)2)27-15-20(26)14-25-10-8-24(9-11-25)13-19-6-7-22-23(12-19)29-16-28-22/h3-7,12,20,26H,8-11,13-16H2,1-2H3/p+2/t20-/m0/s1. The number of aliphatic hydroxyl groups is 1. The second-order valence-electron chi connectivity index (χ2n) is 8.23. The van der Waals surface area contributed by atoms with Crippen molar-refractivity contribution in [1.82, 2.24) is 0 Å². The van der Waals surface area contributed by atoms with E-state index in [0.29, 0.717) is 13.4 Å². The Kier molecular flexibility index (Phi) is 6.23. The minimum atomic E-state index is -0.444. The van der Waals surface area contributed by atoms with E-state index in [9.17, 15) is 5.11 Å². The van der Waals surface area contributed by atoms with Crippen LogP contribution in [0.25, 0.3) is 0 Å². The molecule has 2 heterocycles. The fourth-order valence-electron chi connectivity index (χ4n) is 4.14. The molecule has 0 aliphatic carbocycles. The van der Waals surface area contributed by atoms with Gasteiger partial charge in [0.2, 0.25) is 6.79 Å². The summed E-state index contributed by atoms with van der Waals surface area (Å²) in [4.78, 5) is 3.03. The first-order valence-electron chi connectivity index (χ1n) is 10.5. The molecule has 2 aromatic rings. The number of quaternary nitrogens is 2. The van der Waals surface area contributed by atoms with E-state index in [0.717, 1.165) is 62.1 Å². The van der Waals surface area contributed by atoms with Crippen molar-refractivity contribution >= 4 is 0 Å². The minimum Gasteiger partial charge on any atom is -0.490 e. The third-order valence-corrected chi connectivity index (χ3v) is 6.07. The van der Waals surface area contributed by atoms with Crippen molar-refractivity contribution in [2.75, 3.05) is 46.1 Å². The molecule has 2 aliphatic rings. The van der Waals surface area contributed by atoms with Crippen LogP contribution in [0, 0.1) is 13.8 Å². The molecule has 6 nitrogen and oxygen atoms in total. The summed E-state index contributed by atoms with van der Waals surface area (Å²) in [7, 11) is 0. The largest absolute Gasteiger partial charge is 0.490 e. The van der Waals surface area contributed by atoms with Crippen LogP contribution in [0.3, 0.4) is 0 Å². The third-order valence-electron chi connectivity index (χ3n) is 6.07. The molecule has 1 fully saturated rings. The average molecular weight is 401 g/mol. The molecule has 1 saturated heterocycles. The lowest BCUT2D eigenvalue weighted by atomic mass is 10.1. The molecule has 6 heteroatoms. The van der Waals surface area contributed by atoms with Crippen LogP contribution in [-0.4, -0.2) is 57.3 Å². The highest BCUT2D eigenvalue weighted by Gasteiger charge is 2.26. The fourth-order valence-corrected chi connectivity index (χ4v) is 4.14. The number of ether oxygens (including phenoxy) is 3. The van der Waals surface area contributed by atoms with Gasteiger partial charge in [0.1, 0.15) is 57.7 Å². The van der Waals surface area contributed by atoms with E-state index in [1.54, 1.807) is 4.90 Å². The van der Waals surface area contributed by atoms with Gasteiger partial charge in [0.25, 0.3) is 0 Å². The topological polar surface area (TPSA) is 56.8 Å². The van der Waals surface area contributed by atoms with Crippen molar-refractivity contribution in [3.8, 4) is 17.2 Å². The van der Waals surface area contributed by atoms with Crippen molar-refractivity contribution in [3.63, 3.8) is 0 Å². The summed E-state index contributed by atoms with van der Waals surface area (Å²) in [5.74, 6) is 2.57. The normalized spacial score (nSPS) is 21.8. The first-order chi connectivity index (χ1) is 14.1. The molecule has 0 spiro atoms. The zero-order chi connectivity index (χ0) is 20.2. The van der Waals surface area contributed by atoms with Crippen molar-refractivity contribution in [1.29, 1.82) is 0 Å². The zero-order valence-electron chi connectivity index (χ0n) is 17.4. The molecular formula is C23H32N2O4+2. The van der Waals surface area contributed by atoms with Crippen LogP contribution in [-0.2, 0) is 6.54 Å². The van der Waals surface area contributed by atoms with E-state index >= 15 is 0 Å². The van der Waals surface area contributed by atoms with E-state index < -0.39 is 6.10 Å². The molecule has 156 valence electrons. The number of hydrogen-bond donors (Lipinski definition) is 3. The summed E-state index contributed by atoms with van der Waals surface area (Å²) in [5.41, 5.74) is 3.65. The highest BCUT2D eigenvalue weighted by Crippen LogP contribution is 2.32. The molecule has 0 unspecified atom stereocenters. The van der Waals surface area contributed by atoms with Crippen molar-refractivity contribution in [2.24, 2.45) is 0 Å². The lowest BCUT2D eigenvalue weighted by molar-refractivity contribution is -1.02. The molecule has 0 saturated carbocycles. The van der Waals surface area contributed by atoms with Crippen LogP contribution >= 0.6 is 0 Å². The highest BCUT2D eigenvalue weighted by molar-refractivity contribution is 5.44. The molecule has 2 aliphatic heterocycles. The van der Waals surface area contributed by atoms with Gasteiger partial charge in [0.15, 0.2) is 11.5 Å². The Morgan fingerprint density at radius 1 is 1.00 bits per heavy atom. The Balaban J connectivity index is 1.20. The Morgan fingerprint density at radius 3 is 2.59 bits per heavy atom. The van der Waals surface area contributed by atoms with Crippen LogP contribution in [0.2, 0.25) is 0 Å². The van der Waals surface area contributed by atoms with Crippen LogP contribution in [0.1, 0.15) is 16.7 Å². The Morgan fingerprint density at radius 2 is 1.76 bits per heavy atom. The van der Waals surface area contributed by atoms with E-state index in [-0.39, 0.29) is 0 Å². The quantitative estimate of drug-likeness (QED) is 0.600. The Bertz CT molecular complexity index is 834. The molecule has 2 aromatic carbocycles. The molecule has 0 radical (unpaired) electrons. The van der Waals surface area contributed by atoms with E-state index in [1.807, 2.05) is 18.2 Å². The predicted octanol–water partition coefficient (Wildman–Crippen LogP) is -0.245. The van der Waals surface area contributed by atoms with Gasteiger partial charge in [0.05, 0.1) is 0 Å². The molecule has 1 atom stereocenters. The first kappa shape index (κ1) is 20.0. The van der Waals surface area contributed by atoms with Crippen molar-refractivity contribution in [2.45, 2.75) is 26.5 Å². The number of benzene rings is 2. The van der Waals surface area contributed by atoms with Gasteiger partial charge in [-0.15, -0.1) is 0 Å². The van der Waals surface area contributed by atoms with Crippen LogP contribution < -0.4 is 24.0 Å². The fraction of sp³-hybridized carbons (Fsp3) is 0.478. The maximum atomic E-state index is 10.4. The molecule has 0 amide bonds. The number of hydrogen-bond acceptors (Lipinski definition) is 4. The third kappa shape index (κ3) is 5.01. The Hall–Kier alpha value is -2.28. The number of rotatable bonds is 7. The van der Waals surface area contributed by atoms with Gasteiger partial charge in [-0.05, 0) is 49.2 Å². The first-order valence-corrected chi connectivity index (χ1v) is 10.5. The molecule has 0 bridgehead atoms. The number of aryl methyl sites for hydroxylation is 1. The average Bonchev–Trinajstić information content (AvgIpc) is 3.18. The van der Waals surface area contributed by atoms with Crippen LogP contribution in [0.5, 0.6) is 17.2 Å². The summed E-state index contributed by atoms with van der Waals surface area (Å²) in [6.45, 7) is 10.9. The summed E-state index contributed by atoms with van der Waals surface area (Å²) in [5, 5.41) is 10.4. The van der Waals surface area contributed by atoms with Crippen molar-refractivity contribution in [3.05, 3.63) is 53.1 Å². The zero-order valence-corrected chi connectivity index (χ0v) is 17.4. The van der Waals surface area contributed by atoms with Gasteiger partial charge >= 0.3 is 0 Å². The summed E-state index contributed by atoms with van der Waals surface area (Å²) in [6, 6.07) is 12.3. The van der Waals surface area contributed by atoms with Gasteiger partial charge in [-0.1, -0.05) is 12.1 Å². The smallest absolute Gasteiger partial charge is 0.231 e. The second kappa shape index (κ2) is 9.03. The maximum Gasteiger partial charge on any atom is 0.231 e. The van der Waals surface area contributed by atoms with Gasteiger partial charge < -0.3 is 29.1 Å². The minimum absolute atomic E-state index is 0.323. The molecule has 3 N–H and O–H groups in total. The summed E-state index contributed by atoms with van der Waals surface area (Å²) < 4.78 is 16.7. The number of fused-ring (bicyclic) bond motifs is 1. The van der Waals surface area contributed by atoms with Crippen molar-refractivity contribution < 1.29 is 29.1 Å². The Labute approximate surface area is 172 Å². The van der Waals surface area contributed by atoms with Gasteiger partial charge in [-0.2, -0.15) is 0 Å². The van der Waals surface area contributed by atoms with Gasteiger partial charge in [-0.3, -0.25) is 0 Å². The SMILES string of the molecule is Cc1cccc(OC[C@@H](O)C[NH+]2CC[NH+](Cc3ccc4c(c3)OCO4)CC2)c1C.